The molecule has 140 valence electrons. The first-order chi connectivity index (χ1) is 13.6. The van der Waals surface area contributed by atoms with Gasteiger partial charge in [-0.1, -0.05) is 53.5 Å². The number of hydrogen-bond acceptors (Lipinski definition) is 4. The lowest BCUT2D eigenvalue weighted by molar-refractivity contribution is -0.116. The van der Waals surface area contributed by atoms with Crippen molar-refractivity contribution < 1.29 is 4.79 Å². The zero-order valence-corrected chi connectivity index (χ0v) is 16.3. The number of nitrogens with one attached hydrogen (secondary N) is 1. The number of ketones is 1. The molecule has 7 heteroatoms. The average Bonchev–Trinajstić information content (AvgIpc) is 3.11. The molecule has 0 amide bonds. The molecule has 2 aromatic carbocycles. The second-order valence-electron chi connectivity index (χ2n) is 6.90. The molecular weight excluding hydrogens is 395 g/mol. The summed E-state index contributed by atoms with van der Waals surface area (Å²) in [6.45, 7) is 0. The van der Waals surface area contributed by atoms with E-state index in [-0.39, 0.29) is 5.78 Å². The summed E-state index contributed by atoms with van der Waals surface area (Å²) in [5.41, 5.74) is 3.22. The number of halogens is 2. The number of anilines is 1. The topological polar surface area (TPSA) is 59.8 Å². The summed E-state index contributed by atoms with van der Waals surface area (Å²) in [4.78, 5) is 17.5. The molecule has 1 aliphatic heterocycles. The van der Waals surface area contributed by atoms with E-state index < -0.39 is 6.04 Å². The van der Waals surface area contributed by atoms with Crippen LogP contribution in [0.4, 0.5) is 5.95 Å². The van der Waals surface area contributed by atoms with Crippen LogP contribution in [-0.4, -0.2) is 20.5 Å². The smallest absolute Gasteiger partial charge is 0.226 e. The van der Waals surface area contributed by atoms with Crippen molar-refractivity contribution in [2.24, 2.45) is 0 Å². The Hall–Kier alpha value is -2.63. The Labute approximate surface area is 172 Å². The average molecular weight is 411 g/mol. The van der Waals surface area contributed by atoms with Crippen molar-refractivity contribution in [3.8, 4) is 11.4 Å². The van der Waals surface area contributed by atoms with Crippen LogP contribution in [0.5, 0.6) is 0 Å². The van der Waals surface area contributed by atoms with Gasteiger partial charge >= 0.3 is 0 Å². The summed E-state index contributed by atoms with van der Waals surface area (Å²) in [5, 5.41) is 9.21. The largest absolute Gasteiger partial charge is 0.328 e. The number of nitrogens with zero attached hydrogens (tertiary/aromatic N) is 3. The number of aromatic nitrogens is 3. The van der Waals surface area contributed by atoms with Crippen molar-refractivity contribution >= 4 is 34.9 Å². The molecule has 0 saturated carbocycles. The lowest BCUT2D eigenvalue weighted by Gasteiger charge is -2.32. The quantitative estimate of drug-likeness (QED) is 0.624. The van der Waals surface area contributed by atoms with Gasteiger partial charge < -0.3 is 5.32 Å². The third-order valence-corrected chi connectivity index (χ3v) is 5.86. The molecule has 0 radical (unpaired) electrons. The van der Waals surface area contributed by atoms with Gasteiger partial charge in [-0.25, -0.2) is 4.68 Å². The maximum Gasteiger partial charge on any atom is 0.226 e. The maximum atomic E-state index is 12.8. The molecule has 2 aliphatic rings. The van der Waals surface area contributed by atoms with E-state index in [1.165, 1.54) is 0 Å². The predicted molar refractivity (Wildman–Crippen MR) is 110 cm³/mol. The summed E-state index contributed by atoms with van der Waals surface area (Å²) >= 11 is 12.9. The maximum absolute atomic E-state index is 12.8. The molecule has 5 nitrogen and oxygen atoms in total. The molecule has 0 bridgehead atoms. The van der Waals surface area contributed by atoms with E-state index in [1.54, 1.807) is 4.68 Å². The Balaban J connectivity index is 1.72. The van der Waals surface area contributed by atoms with Gasteiger partial charge in [-0.15, -0.1) is 5.10 Å². The van der Waals surface area contributed by atoms with Crippen LogP contribution in [0.3, 0.4) is 0 Å². The molecule has 28 heavy (non-hydrogen) atoms. The first-order valence-electron chi connectivity index (χ1n) is 9.12. The van der Waals surface area contributed by atoms with Gasteiger partial charge in [-0.2, -0.15) is 4.98 Å². The third kappa shape index (κ3) is 2.74. The summed E-state index contributed by atoms with van der Waals surface area (Å²) in [6, 6.07) is 14.6. The normalized spacial score (nSPS) is 18.5. The number of carbonyl (C=O) groups excluding carboxylic acids is 1. The van der Waals surface area contributed by atoms with Crippen molar-refractivity contribution in [3.63, 3.8) is 0 Å². The minimum Gasteiger partial charge on any atom is -0.328 e. The minimum absolute atomic E-state index is 0.124. The highest BCUT2D eigenvalue weighted by Gasteiger charge is 2.37. The second-order valence-corrected chi connectivity index (χ2v) is 7.72. The third-order valence-electron chi connectivity index (χ3n) is 5.18. The van der Waals surface area contributed by atoms with Gasteiger partial charge in [0, 0.05) is 33.8 Å². The first kappa shape index (κ1) is 17.5. The lowest BCUT2D eigenvalue weighted by atomic mass is 9.85. The van der Waals surface area contributed by atoms with E-state index >= 15 is 0 Å². The molecule has 1 aromatic heterocycles. The molecule has 0 saturated heterocycles. The highest BCUT2D eigenvalue weighted by molar-refractivity contribution is 6.33. The van der Waals surface area contributed by atoms with E-state index in [1.807, 2.05) is 48.5 Å². The zero-order chi connectivity index (χ0) is 19.3. The van der Waals surface area contributed by atoms with Crippen molar-refractivity contribution in [1.82, 2.24) is 14.8 Å². The molecule has 0 fully saturated rings. The van der Waals surface area contributed by atoms with Crippen molar-refractivity contribution in [1.29, 1.82) is 0 Å². The summed E-state index contributed by atoms with van der Waals surface area (Å²) < 4.78 is 1.75. The number of carbonyl (C=O) groups is 1. The van der Waals surface area contributed by atoms with E-state index in [0.717, 1.165) is 35.2 Å². The first-order valence-corrected chi connectivity index (χ1v) is 9.88. The molecule has 1 N–H and O–H groups in total. The number of allylic oxidation sites excluding steroid dienone is 2. The van der Waals surface area contributed by atoms with Gasteiger partial charge in [-0.05, 0) is 31.0 Å². The number of fused-ring (bicyclic) bond motifs is 1. The monoisotopic (exact) mass is 410 g/mol. The summed E-state index contributed by atoms with van der Waals surface area (Å²) in [5.74, 6) is 1.23. The highest BCUT2D eigenvalue weighted by Crippen LogP contribution is 2.42. The van der Waals surface area contributed by atoms with Crippen LogP contribution in [0.15, 0.2) is 59.8 Å². The lowest BCUT2D eigenvalue weighted by Crippen LogP contribution is -2.31. The Bertz CT molecular complexity index is 1130. The summed E-state index contributed by atoms with van der Waals surface area (Å²) in [6.07, 6.45) is 2.16. The van der Waals surface area contributed by atoms with Crippen LogP contribution in [0.2, 0.25) is 10.0 Å². The molecule has 1 aliphatic carbocycles. The molecule has 3 aromatic rings. The standard InChI is InChI=1S/C21H16Cl2N4O/c22-14-8-3-1-6-12(14)19-18-16(10-5-11-17(18)28)24-21-25-20(26-27(19)21)13-7-2-4-9-15(13)23/h1-4,6-9,19H,5,10-11H2,(H,24,25,26). The van der Waals surface area contributed by atoms with Crippen molar-refractivity contribution in [2.45, 2.75) is 25.3 Å². The Kier molecular flexibility index (Phi) is 4.22. The Morgan fingerprint density at radius 1 is 1.00 bits per heavy atom. The number of Topliss-reactive ketones (excluding diaryl/α,β-unsaturated/α-hetero) is 1. The predicted octanol–water partition coefficient (Wildman–Crippen LogP) is 5.27. The van der Waals surface area contributed by atoms with E-state index in [0.29, 0.717) is 28.2 Å². The van der Waals surface area contributed by atoms with Gasteiger partial charge in [0.1, 0.15) is 6.04 Å². The van der Waals surface area contributed by atoms with Crippen molar-refractivity contribution in [2.75, 3.05) is 5.32 Å². The van der Waals surface area contributed by atoms with Crippen LogP contribution >= 0.6 is 23.2 Å². The minimum atomic E-state index is -0.406. The van der Waals surface area contributed by atoms with Gasteiger partial charge in [0.25, 0.3) is 0 Å². The van der Waals surface area contributed by atoms with Crippen LogP contribution in [0.1, 0.15) is 30.9 Å². The number of benzene rings is 2. The fourth-order valence-corrected chi connectivity index (χ4v) is 4.36. The number of rotatable bonds is 2. The SMILES string of the molecule is O=C1CCCC2=C1C(c1ccccc1Cl)n1nc(-c3ccccc3Cl)nc1N2. The van der Waals surface area contributed by atoms with Crippen LogP contribution in [0, 0.1) is 0 Å². The van der Waals surface area contributed by atoms with Gasteiger partial charge in [-0.3, -0.25) is 4.79 Å². The van der Waals surface area contributed by atoms with Crippen LogP contribution < -0.4 is 5.32 Å². The Morgan fingerprint density at radius 3 is 2.54 bits per heavy atom. The fourth-order valence-electron chi connectivity index (χ4n) is 3.90. The fraction of sp³-hybridized carbons (Fsp3) is 0.190. The van der Waals surface area contributed by atoms with Gasteiger partial charge in [0.05, 0.1) is 5.02 Å². The molecule has 2 heterocycles. The van der Waals surface area contributed by atoms with E-state index in [4.69, 9.17) is 28.3 Å². The van der Waals surface area contributed by atoms with E-state index in [2.05, 4.69) is 10.3 Å². The summed E-state index contributed by atoms with van der Waals surface area (Å²) in [7, 11) is 0. The zero-order valence-electron chi connectivity index (χ0n) is 14.8. The van der Waals surface area contributed by atoms with Crippen molar-refractivity contribution in [3.05, 3.63) is 75.4 Å². The van der Waals surface area contributed by atoms with Crippen LogP contribution in [0.25, 0.3) is 11.4 Å². The molecule has 0 spiro atoms. The molecule has 1 atom stereocenters. The molecule has 5 rings (SSSR count). The molecular formula is C21H16Cl2N4O. The Morgan fingerprint density at radius 2 is 1.75 bits per heavy atom. The van der Waals surface area contributed by atoms with E-state index in [9.17, 15) is 4.79 Å². The van der Waals surface area contributed by atoms with Crippen LogP contribution in [-0.2, 0) is 4.79 Å². The van der Waals surface area contributed by atoms with Gasteiger partial charge in [0.15, 0.2) is 11.6 Å². The number of hydrogen-bond donors (Lipinski definition) is 1. The highest BCUT2D eigenvalue weighted by atomic mass is 35.5. The second kappa shape index (κ2) is 6.76. The van der Waals surface area contributed by atoms with Gasteiger partial charge in [0.2, 0.25) is 5.95 Å². The molecule has 1 unspecified atom stereocenters.